The van der Waals surface area contributed by atoms with Crippen LogP contribution in [0.3, 0.4) is 0 Å². The molecule has 3 aromatic carbocycles. The monoisotopic (exact) mass is 372 g/mol. The van der Waals surface area contributed by atoms with E-state index in [1.807, 2.05) is 36.4 Å². The molecule has 1 unspecified atom stereocenters. The van der Waals surface area contributed by atoms with E-state index in [1.165, 1.54) is 5.56 Å². The van der Waals surface area contributed by atoms with Crippen LogP contribution < -0.4 is 15.4 Å². The average Bonchev–Trinajstić information content (AvgIpc) is 3.18. The predicted octanol–water partition coefficient (Wildman–Crippen LogP) is 4.83. The van der Waals surface area contributed by atoms with Crippen molar-refractivity contribution in [2.75, 3.05) is 5.32 Å². The van der Waals surface area contributed by atoms with Crippen LogP contribution >= 0.6 is 0 Å². The molecule has 4 rings (SSSR count). The highest BCUT2D eigenvalue weighted by molar-refractivity contribution is 5.78. The van der Waals surface area contributed by atoms with E-state index in [-0.39, 0.29) is 11.9 Å². The summed E-state index contributed by atoms with van der Waals surface area (Å²) in [6.07, 6.45) is 1.48. The third-order valence-electron chi connectivity index (χ3n) is 4.92. The van der Waals surface area contributed by atoms with Crippen molar-refractivity contribution in [2.24, 2.45) is 0 Å². The molecule has 28 heavy (non-hydrogen) atoms. The molecule has 1 aliphatic heterocycles. The number of amides is 1. The molecule has 0 radical (unpaired) electrons. The first-order valence-corrected chi connectivity index (χ1v) is 9.65. The van der Waals surface area contributed by atoms with Crippen LogP contribution in [-0.2, 0) is 17.9 Å². The maximum Gasteiger partial charge on any atom is 0.220 e. The van der Waals surface area contributed by atoms with Gasteiger partial charge in [0.15, 0.2) is 0 Å². The Balaban J connectivity index is 1.35. The van der Waals surface area contributed by atoms with Gasteiger partial charge in [0, 0.05) is 18.7 Å². The molecule has 142 valence electrons. The van der Waals surface area contributed by atoms with E-state index in [9.17, 15) is 4.79 Å². The van der Waals surface area contributed by atoms with Gasteiger partial charge in [-0.1, -0.05) is 54.6 Å². The largest absolute Gasteiger partial charge is 0.489 e. The normalized spacial score (nSPS) is 15.9. The molecule has 0 aromatic heterocycles. The highest BCUT2D eigenvalue weighted by Gasteiger charge is 2.22. The highest BCUT2D eigenvalue weighted by Crippen LogP contribution is 2.26. The predicted molar refractivity (Wildman–Crippen MR) is 111 cm³/mol. The van der Waals surface area contributed by atoms with Gasteiger partial charge >= 0.3 is 0 Å². The smallest absolute Gasteiger partial charge is 0.220 e. The number of rotatable bonds is 7. The van der Waals surface area contributed by atoms with Crippen LogP contribution in [0.25, 0.3) is 0 Å². The Hall–Kier alpha value is -3.27. The lowest BCUT2D eigenvalue weighted by molar-refractivity contribution is -0.119. The summed E-state index contributed by atoms with van der Waals surface area (Å²) in [5.41, 5.74) is 4.56. The van der Waals surface area contributed by atoms with Crippen LogP contribution in [0.4, 0.5) is 5.69 Å². The molecule has 4 heteroatoms. The van der Waals surface area contributed by atoms with Crippen molar-refractivity contribution in [3.63, 3.8) is 0 Å². The molecule has 1 saturated heterocycles. The number of benzene rings is 3. The molecule has 3 aromatic rings. The zero-order chi connectivity index (χ0) is 19.2. The molecule has 1 amide bonds. The summed E-state index contributed by atoms with van der Waals surface area (Å²) in [5.74, 6) is 1.01. The van der Waals surface area contributed by atoms with E-state index < -0.39 is 0 Å². The SMILES string of the molecule is O=C1CCC(c2cccc(NCc3cccc(COc4ccccc4)c3)c2)N1. The topological polar surface area (TPSA) is 50.4 Å². The van der Waals surface area contributed by atoms with Crippen molar-refractivity contribution in [3.8, 4) is 5.75 Å². The molecule has 0 bridgehead atoms. The van der Waals surface area contributed by atoms with Crippen LogP contribution in [0.2, 0.25) is 0 Å². The molecule has 1 aliphatic rings. The van der Waals surface area contributed by atoms with Gasteiger partial charge in [0.1, 0.15) is 12.4 Å². The fraction of sp³-hybridized carbons (Fsp3) is 0.208. The van der Waals surface area contributed by atoms with Crippen LogP contribution in [0, 0.1) is 0 Å². The molecule has 4 nitrogen and oxygen atoms in total. The van der Waals surface area contributed by atoms with Crippen molar-refractivity contribution < 1.29 is 9.53 Å². The Morgan fingerprint density at radius 1 is 0.929 bits per heavy atom. The first kappa shape index (κ1) is 18.1. The standard InChI is InChI=1S/C24H24N2O2/c27-24-13-12-23(26-24)20-8-5-9-21(15-20)25-16-18-6-4-7-19(14-18)17-28-22-10-2-1-3-11-22/h1-11,14-15,23,25H,12-13,16-17H2,(H,26,27). The van der Waals surface area contributed by atoms with Gasteiger partial charge in [-0.05, 0) is 47.4 Å². The lowest BCUT2D eigenvalue weighted by atomic mass is 10.0. The molecule has 1 atom stereocenters. The molecule has 0 saturated carbocycles. The van der Waals surface area contributed by atoms with Gasteiger partial charge in [-0.15, -0.1) is 0 Å². The van der Waals surface area contributed by atoms with Crippen LogP contribution in [0.1, 0.15) is 35.6 Å². The number of anilines is 1. The highest BCUT2D eigenvalue weighted by atomic mass is 16.5. The Labute approximate surface area is 165 Å². The second kappa shape index (κ2) is 8.61. The van der Waals surface area contributed by atoms with Gasteiger partial charge in [0.05, 0.1) is 6.04 Å². The second-order valence-electron chi connectivity index (χ2n) is 7.06. The minimum absolute atomic E-state index is 0.132. The summed E-state index contributed by atoms with van der Waals surface area (Å²) in [7, 11) is 0. The van der Waals surface area contributed by atoms with Gasteiger partial charge < -0.3 is 15.4 Å². The molecular weight excluding hydrogens is 348 g/mol. The summed E-state index contributed by atoms with van der Waals surface area (Å²) >= 11 is 0. The van der Waals surface area contributed by atoms with Crippen LogP contribution in [-0.4, -0.2) is 5.91 Å². The molecule has 1 heterocycles. The molecule has 1 fully saturated rings. The first-order chi connectivity index (χ1) is 13.8. The van der Waals surface area contributed by atoms with E-state index >= 15 is 0 Å². The van der Waals surface area contributed by atoms with E-state index in [4.69, 9.17) is 4.74 Å². The zero-order valence-corrected chi connectivity index (χ0v) is 15.7. The van der Waals surface area contributed by atoms with Crippen molar-refractivity contribution in [3.05, 3.63) is 95.6 Å². The van der Waals surface area contributed by atoms with E-state index in [1.54, 1.807) is 0 Å². The number of carbonyl (C=O) groups is 1. The number of nitrogens with one attached hydrogen (secondary N) is 2. The zero-order valence-electron chi connectivity index (χ0n) is 15.7. The van der Waals surface area contributed by atoms with Crippen LogP contribution in [0.15, 0.2) is 78.9 Å². The maximum absolute atomic E-state index is 11.5. The van der Waals surface area contributed by atoms with Crippen LogP contribution in [0.5, 0.6) is 5.75 Å². The van der Waals surface area contributed by atoms with E-state index in [0.717, 1.165) is 35.5 Å². The minimum Gasteiger partial charge on any atom is -0.489 e. The van der Waals surface area contributed by atoms with Gasteiger partial charge in [0.2, 0.25) is 5.91 Å². The Kier molecular flexibility index (Phi) is 5.57. The third-order valence-corrected chi connectivity index (χ3v) is 4.92. The average molecular weight is 372 g/mol. The van der Waals surface area contributed by atoms with Crippen molar-refractivity contribution >= 4 is 11.6 Å². The summed E-state index contributed by atoms with van der Waals surface area (Å²) in [5, 5.41) is 6.51. The summed E-state index contributed by atoms with van der Waals surface area (Å²) in [6.45, 7) is 1.29. The van der Waals surface area contributed by atoms with Gasteiger partial charge in [0.25, 0.3) is 0 Å². The van der Waals surface area contributed by atoms with Crippen molar-refractivity contribution in [1.29, 1.82) is 0 Å². The number of hydrogen-bond acceptors (Lipinski definition) is 3. The molecular formula is C24H24N2O2. The third kappa shape index (κ3) is 4.71. The molecule has 2 N–H and O–H groups in total. The van der Waals surface area contributed by atoms with E-state index in [0.29, 0.717) is 13.0 Å². The van der Waals surface area contributed by atoms with Gasteiger partial charge in [-0.25, -0.2) is 0 Å². The Morgan fingerprint density at radius 3 is 2.57 bits per heavy atom. The Bertz CT molecular complexity index is 940. The number of ether oxygens (including phenoxy) is 1. The number of carbonyl (C=O) groups excluding carboxylic acids is 1. The number of para-hydroxylation sites is 1. The van der Waals surface area contributed by atoms with E-state index in [2.05, 4.69) is 53.1 Å². The molecule has 0 aliphatic carbocycles. The quantitative estimate of drug-likeness (QED) is 0.625. The summed E-state index contributed by atoms with van der Waals surface area (Å²) < 4.78 is 5.84. The summed E-state index contributed by atoms with van der Waals surface area (Å²) in [4.78, 5) is 11.5. The van der Waals surface area contributed by atoms with Crippen molar-refractivity contribution in [2.45, 2.75) is 32.0 Å². The molecule has 0 spiro atoms. The Morgan fingerprint density at radius 2 is 1.75 bits per heavy atom. The fourth-order valence-corrected chi connectivity index (χ4v) is 3.45. The maximum atomic E-state index is 11.5. The van der Waals surface area contributed by atoms with Gasteiger partial charge in [-0.2, -0.15) is 0 Å². The van der Waals surface area contributed by atoms with Crippen molar-refractivity contribution in [1.82, 2.24) is 5.32 Å². The lowest BCUT2D eigenvalue weighted by Crippen LogP contribution is -2.18. The second-order valence-corrected chi connectivity index (χ2v) is 7.06. The summed E-state index contributed by atoms with van der Waals surface area (Å²) in [6, 6.07) is 26.7. The number of hydrogen-bond donors (Lipinski definition) is 2. The fourth-order valence-electron chi connectivity index (χ4n) is 3.45. The lowest BCUT2D eigenvalue weighted by Gasteiger charge is -2.13. The first-order valence-electron chi connectivity index (χ1n) is 9.65. The minimum atomic E-state index is 0.132. The van der Waals surface area contributed by atoms with Gasteiger partial charge in [-0.3, -0.25) is 4.79 Å².